The molecule has 0 saturated heterocycles. The lowest BCUT2D eigenvalue weighted by Crippen LogP contribution is -2.15. The fraction of sp³-hybridized carbons (Fsp3) is 0.333. The molecule has 0 aromatic heterocycles. The molecule has 0 aliphatic rings. The van der Waals surface area contributed by atoms with E-state index in [1.54, 1.807) is 26.0 Å². The Hall–Kier alpha value is -0.920. The molecule has 0 aliphatic heterocycles. The topological polar surface area (TPSA) is 72.8 Å². The highest BCUT2D eigenvalue weighted by Crippen LogP contribution is 2.28. The number of hydrogen-bond acceptors (Lipinski definition) is 6. The zero-order chi connectivity index (χ0) is 14.4. The zero-order valence-electron chi connectivity index (χ0n) is 10.4. The number of aryl methyl sites for hydroxylation is 2. The van der Waals surface area contributed by atoms with Gasteiger partial charge in [-0.3, -0.25) is 9.59 Å². The van der Waals surface area contributed by atoms with Gasteiger partial charge in [0.05, 0.1) is 12.0 Å². The number of Topliss-reactive ketones (excluding diaryl/α,β-unsaturated/α-hetero) is 2. The summed E-state index contributed by atoms with van der Waals surface area (Å²) < 4.78 is 4.37. The molecule has 19 heavy (non-hydrogen) atoms. The average molecular weight is 305 g/mol. The van der Waals surface area contributed by atoms with Crippen LogP contribution in [0.1, 0.15) is 27.9 Å². The van der Waals surface area contributed by atoms with Gasteiger partial charge in [-0.2, -0.15) is 0 Å². The Labute approximate surface area is 119 Å². The fourth-order valence-corrected chi connectivity index (χ4v) is 2.27. The second-order valence-corrected chi connectivity index (χ2v) is 4.95. The van der Waals surface area contributed by atoms with Gasteiger partial charge in [-0.05, 0) is 37.1 Å². The number of ketones is 2. The monoisotopic (exact) mass is 304 g/mol. The lowest BCUT2D eigenvalue weighted by atomic mass is 10.0. The summed E-state index contributed by atoms with van der Waals surface area (Å²) in [5.41, 5.74) is 1.80. The summed E-state index contributed by atoms with van der Waals surface area (Å²) in [5, 5.41) is 11.7. The number of carbonyl (C=O) groups excluding carboxylic acids is 2. The van der Waals surface area contributed by atoms with Gasteiger partial charge < -0.3 is 0 Å². The fourth-order valence-electron chi connectivity index (χ4n) is 1.62. The predicted molar refractivity (Wildman–Crippen MR) is 71.2 cm³/mol. The van der Waals surface area contributed by atoms with Crippen LogP contribution in [0.3, 0.4) is 0 Å². The molecule has 0 fully saturated rings. The van der Waals surface area contributed by atoms with E-state index >= 15 is 0 Å². The molecule has 0 aliphatic carbocycles. The van der Waals surface area contributed by atoms with Crippen molar-refractivity contribution in [3.63, 3.8) is 0 Å². The van der Waals surface area contributed by atoms with Crippen LogP contribution in [0, 0.1) is 13.8 Å². The number of benzene rings is 1. The summed E-state index contributed by atoms with van der Waals surface area (Å²) in [5.74, 6) is -0.940. The van der Waals surface area contributed by atoms with Gasteiger partial charge in [0.1, 0.15) is 0 Å². The predicted octanol–water partition coefficient (Wildman–Crippen LogP) is 3.11. The third kappa shape index (κ3) is 4.29. The van der Waals surface area contributed by atoms with Crippen molar-refractivity contribution in [2.45, 2.75) is 25.2 Å². The van der Waals surface area contributed by atoms with E-state index in [4.69, 9.17) is 16.9 Å². The van der Waals surface area contributed by atoms with Crippen LogP contribution in [-0.2, 0) is 14.2 Å². The molecule has 104 valence electrons. The van der Waals surface area contributed by atoms with E-state index in [9.17, 15) is 9.59 Å². The Morgan fingerprint density at radius 1 is 1.32 bits per heavy atom. The molecule has 5 nitrogen and oxygen atoms in total. The summed E-state index contributed by atoms with van der Waals surface area (Å²) in [7, 11) is 0. The van der Waals surface area contributed by atoms with Gasteiger partial charge in [0.2, 0.25) is 11.6 Å². The van der Waals surface area contributed by atoms with E-state index in [2.05, 4.69) is 9.37 Å². The molecule has 0 unspecified atom stereocenters. The summed E-state index contributed by atoms with van der Waals surface area (Å²) in [6, 6.07) is 3.18. The Morgan fingerprint density at radius 2 is 1.89 bits per heavy atom. The maximum atomic E-state index is 11.9. The Kier molecular flexibility index (Phi) is 6.47. The Balaban J connectivity index is 3.00. The Bertz CT molecular complexity index is 466. The first-order chi connectivity index (χ1) is 9.01. The maximum Gasteiger partial charge on any atom is 0.228 e. The van der Waals surface area contributed by atoms with Crippen LogP contribution in [0.5, 0.6) is 0 Å². The molecule has 0 heterocycles. The molecular weight excluding hydrogens is 292 g/mol. The summed E-state index contributed by atoms with van der Waals surface area (Å²) in [6.45, 7) is 3.53. The smallest absolute Gasteiger partial charge is 0.228 e. The number of carbonyl (C=O) groups is 2. The van der Waals surface area contributed by atoms with Crippen LogP contribution in [0.15, 0.2) is 17.0 Å². The lowest BCUT2D eigenvalue weighted by Gasteiger charge is -2.09. The van der Waals surface area contributed by atoms with Crippen molar-refractivity contribution in [2.24, 2.45) is 0 Å². The van der Waals surface area contributed by atoms with E-state index in [-0.39, 0.29) is 12.3 Å². The number of rotatable bonds is 7. The van der Waals surface area contributed by atoms with E-state index in [0.717, 1.165) is 23.2 Å². The second-order valence-electron chi connectivity index (χ2n) is 3.86. The number of halogens is 1. The normalized spacial score (nSPS) is 10.5. The van der Waals surface area contributed by atoms with Crippen LogP contribution in [-0.4, -0.2) is 22.7 Å². The largest absolute Gasteiger partial charge is 0.290 e. The van der Waals surface area contributed by atoms with E-state index in [1.807, 2.05) is 0 Å². The van der Waals surface area contributed by atoms with Crippen LogP contribution >= 0.6 is 23.6 Å². The van der Waals surface area contributed by atoms with E-state index in [1.165, 1.54) is 0 Å². The van der Waals surface area contributed by atoms with E-state index in [0.29, 0.717) is 10.5 Å². The maximum absolute atomic E-state index is 11.9. The molecule has 7 heteroatoms. The van der Waals surface area contributed by atoms with Gasteiger partial charge >= 0.3 is 0 Å². The second kappa shape index (κ2) is 7.62. The van der Waals surface area contributed by atoms with Crippen molar-refractivity contribution >= 4 is 35.2 Å². The van der Waals surface area contributed by atoms with Gasteiger partial charge in [0.15, 0.2) is 0 Å². The van der Waals surface area contributed by atoms with Crippen molar-refractivity contribution in [3.8, 4) is 0 Å². The molecule has 0 radical (unpaired) electrons. The highest BCUT2D eigenvalue weighted by atomic mass is 35.5. The number of alkyl halides is 1. The standard InChI is InChI=1S/C12H13ClO5S/c1-7-5-9(11(15)10(14)3-4-13)6-8(2)12(7)19-18-17-16/h5-6,16H,3-4H2,1-2H3. The van der Waals surface area contributed by atoms with E-state index < -0.39 is 11.6 Å². The molecule has 1 N–H and O–H groups in total. The zero-order valence-corrected chi connectivity index (χ0v) is 12.0. The van der Waals surface area contributed by atoms with Gasteiger partial charge in [-0.15, -0.1) is 15.9 Å². The highest BCUT2D eigenvalue weighted by Gasteiger charge is 2.18. The SMILES string of the molecule is Cc1cc(C(=O)C(=O)CCCl)cc(C)c1SOOO. The first-order valence-electron chi connectivity index (χ1n) is 5.40. The average Bonchev–Trinajstić information content (AvgIpc) is 2.37. The third-order valence-electron chi connectivity index (χ3n) is 2.45. The lowest BCUT2D eigenvalue weighted by molar-refractivity contribution is -0.432. The van der Waals surface area contributed by atoms with Crippen molar-refractivity contribution in [2.75, 3.05) is 5.88 Å². The van der Waals surface area contributed by atoms with Crippen LogP contribution in [0.25, 0.3) is 0 Å². The van der Waals surface area contributed by atoms with Crippen LogP contribution < -0.4 is 0 Å². The Morgan fingerprint density at radius 3 is 2.37 bits per heavy atom. The minimum atomic E-state index is -0.553. The van der Waals surface area contributed by atoms with Crippen molar-refractivity contribution in [3.05, 3.63) is 28.8 Å². The molecule has 0 bridgehead atoms. The molecular formula is C12H13ClO5S. The van der Waals surface area contributed by atoms with Crippen LogP contribution in [0.4, 0.5) is 0 Å². The molecule has 0 atom stereocenters. The van der Waals surface area contributed by atoms with Gasteiger partial charge in [-0.1, -0.05) is 5.04 Å². The quantitative estimate of drug-likeness (QED) is 0.208. The summed E-state index contributed by atoms with van der Waals surface area (Å²) >= 11 is 6.27. The minimum Gasteiger partial charge on any atom is -0.290 e. The van der Waals surface area contributed by atoms with Crippen molar-refractivity contribution in [1.82, 2.24) is 0 Å². The summed E-state index contributed by atoms with van der Waals surface area (Å²) in [4.78, 5) is 24.1. The van der Waals surface area contributed by atoms with Crippen molar-refractivity contribution < 1.29 is 24.2 Å². The van der Waals surface area contributed by atoms with Crippen LogP contribution in [0.2, 0.25) is 0 Å². The molecule has 0 amide bonds. The van der Waals surface area contributed by atoms with Crippen molar-refractivity contribution in [1.29, 1.82) is 0 Å². The minimum absolute atomic E-state index is 0.0243. The molecule has 0 spiro atoms. The van der Waals surface area contributed by atoms with Gasteiger partial charge in [-0.25, -0.2) is 5.26 Å². The molecule has 1 rings (SSSR count). The third-order valence-corrected chi connectivity index (χ3v) is 3.57. The molecule has 0 saturated carbocycles. The molecule has 1 aromatic rings. The summed E-state index contributed by atoms with van der Waals surface area (Å²) in [6.07, 6.45) is 0.0243. The first kappa shape index (κ1) is 16.1. The highest BCUT2D eigenvalue weighted by molar-refractivity contribution is 7.94. The van der Waals surface area contributed by atoms with Gasteiger partial charge in [0, 0.05) is 22.8 Å². The molecule has 1 aromatic carbocycles. The number of hydrogen-bond donors (Lipinski definition) is 1. The first-order valence-corrected chi connectivity index (χ1v) is 6.68. The van der Waals surface area contributed by atoms with Gasteiger partial charge in [0.25, 0.3) is 0 Å².